The maximum absolute atomic E-state index is 11.0. The van der Waals surface area contributed by atoms with Crippen LogP contribution in [-0.2, 0) is 4.79 Å². The SMILES string of the molecule is CC(=O)N1CCC(=NNC(N)=O)CC1. The normalized spacial score (nSPS) is 16.4. The molecule has 6 heteroatoms. The van der Waals surface area contributed by atoms with Crippen molar-refractivity contribution in [3.8, 4) is 0 Å². The number of piperidine rings is 1. The van der Waals surface area contributed by atoms with Crippen molar-refractivity contribution < 1.29 is 9.59 Å². The molecular weight excluding hydrogens is 184 g/mol. The molecule has 78 valence electrons. The summed E-state index contributed by atoms with van der Waals surface area (Å²) in [7, 11) is 0. The van der Waals surface area contributed by atoms with Crippen molar-refractivity contribution in [2.75, 3.05) is 13.1 Å². The van der Waals surface area contributed by atoms with Gasteiger partial charge in [-0.1, -0.05) is 0 Å². The Morgan fingerprint density at radius 1 is 1.43 bits per heavy atom. The van der Waals surface area contributed by atoms with E-state index in [1.54, 1.807) is 11.8 Å². The molecule has 1 rings (SSSR count). The number of hydrazone groups is 1. The standard InChI is InChI=1S/C8H14N4O2/c1-6(13)12-4-2-7(3-5-12)10-11-8(9)14/h2-5H2,1H3,(H3,9,11,14). The first-order valence-electron chi connectivity index (χ1n) is 4.46. The van der Waals surface area contributed by atoms with Gasteiger partial charge in [-0.05, 0) is 0 Å². The lowest BCUT2D eigenvalue weighted by Gasteiger charge is -2.26. The molecule has 1 aliphatic rings. The van der Waals surface area contributed by atoms with E-state index in [4.69, 9.17) is 5.73 Å². The minimum absolute atomic E-state index is 0.0758. The van der Waals surface area contributed by atoms with Crippen molar-refractivity contribution in [2.45, 2.75) is 19.8 Å². The van der Waals surface area contributed by atoms with Crippen molar-refractivity contribution in [3.05, 3.63) is 0 Å². The maximum Gasteiger partial charge on any atom is 0.332 e. The molecule has 0 bridgehead atoms. The first kappa shape index (κ1) is 10.5. The zero-order valence-electron chi connectivity index (χ0n) is 8.12. The molecule has 1 aliphatic heterocycles. The molecule has 6 nitrogen and oxygen atoms in total. The monoisotopic (exact) mass is 198 g/mol. The fourth-order valence-electron chi connectivity index (χ4n) is 1.33. The summed E-state index contributed by atoms with van der Waals surface area (Å²) in [6.45, 7) is 2.87. The van der Waals surface area contributed by atoms with Crippen molar-refractivity contribution in [2.24, 2.45) is 10.8 Å². The number of nitrogens with one attached hydrogen (secondary N) is 1. The third-order valence-corrected chi connectivity index (χ3v) is 2.11. The third kappa shape index (κ3) is 3.04. The summed E-state index contributed by atoms with van der Waals surface area (Å²) in [6.07, 6.45) is 1.39. The topological polar surface area (TPSA) is 87.8 Å². The van der Waals surface area contributed by atoms with E-state index < -0.39 is 6.03 Å². The maximum atomic E-state index is 11.0. The highest BCUT2D eigenvalue weighted by atomic mass is 16.2. The van der Waals surface area contributed by atoms with Gasteiger partial charge in [0.15, 0.2) is 0 Å². The first-order chi connectivity index (χ1) is 6.59. The number of hydrogen-bond acceptors (Lipinski definition) is 3. The number of nitrogens with two attached hydrogens (primary N) is 1. The molecule has 0 saturated carbocycles. The van der Waals surface area contributed by atoms with Crippen LogP contribution in [0, 0.1) is 0 Å². The van der Waals surface area contributed by atoms with Crippen LogP contribution < -0.4 is 11.2 Å². The number of carbonyl (C=O) groups is 2. The number of urea groups is 1. The van der Waals surface area contributed by atoms with Crippen LogP contribution in [0.25, 0.3) is 0 Å². The highest BCUT2D eigenvalue weighted by Crippen LogP contribution is 2.06. The molecule has 1 saturated heterocycles. The van der Waals surface area contributed by atoms with E-state index in [1.807, 2.05) is 0 Å². The lowest BCUT2D eigenvalue weighted by molar-refractivity contribution is -0.128. The average Bonchev–Trinajstić information content (AvgIpc) is 2.15. The van der Waals surface area contributed by atoms with Gasteiger partial charge in [0.2, 0.25) is 5.91 Å². The molecule has 3 N–H and O–H groups in total. The molecule has 0 spiro atoms. The second-order valence-corrected chi connectivity index (χ2v) is 3.16. The number of amides is 3. The van der Waals surface area contributed by atoms with E-state index in [1.165, 1.54) is 0 Å². The van der Waals surface area contributed by atoms with Crippen LogP contribution in [0.4, 0.5) is 4.79 Å². The Hall–Kier alpha value is -1.59. The van der Waals surface area contributed by atoms with E-state index in [2.05, 4.69) is 10.5 Å². The van der Waals surface area contributed by atoms with Gasteiger partial charge in [0, 0.05) is 38.6 Å². The highest BCUT2D eigenvalue weighted by Gasteiger charge is 2.16. The van der Waals surface area contributed by atoms with Gasteiger partial charge in [-0.2, -0.15) is 5.10 Å². The zero-order chi connectivity index (χ0) is 10.6. The van der Waals surface area contributed by atoms with E-state index in [9.17, 15) is 9.59 Å². The van der Waals surface area contributed by atoms with Crippen molar-refractivity contribution >= 4 is 17.6 Å². The molecule has 1 heterocycles. The molecule has 0 aromatic heterocycles. The molecule has 0 unspecified atom stereocenters. The molecular formula is C8H14N4O2. The predicted octanol–water partition coefficient (Wildman–Crippen LogP) is -0.347. The number of carbonyl (C=O) groups excluding carboxylic acids is 2. The van der Waals surface area contributed by atoms with Gasteiger partial charge in [0.05, 0.1) is 0 Å². The van der Waals surface area contributed by atoms with Crippen LogP contribution in [0.15, 0.2) is 5.10 Å². The van der Waals surface area contributed by atoms with Crippen molar-refractivity contribution in [1.82, 2.24) is 10.3 Å². The molecule has 0 atom stereocenters. The van der Waals surface area contributed by atoms with Gasteiger partial charge in [-0.3, -0.25) is 4.79 Å². The number of rotatable bonds is 1. The van der Waals surface area contributed by atoms with Crippen LogP contribution in [-0.4, -0.2) is 35.6 Å². The summed E-state index contributed by atoms with van der Waals surface area (Å²) in [5, 5.41) is 3.83. The second kappa shape index (κ2) is 4.59. The number of hydrogen-bond donors (Lipinski definition) is 2. The van der Waals surface area contributed by atoms with Gasteiger partial charge < -0.3 is 10.6 Å². The Balaban J connectivity index is 2.39. The molecule has 0 aromatic rings. The average molecular weight is 198 g/mol. The third-order valence-electron chi connectivity index (χ3n) is 2.11. The summed E-state index contributed by atoms with van der Waals surface area (Å²) in [5.74, 6) is 0.0758. The molecule has 0 aliphatic carbocycles. The Morgan fingerprint density at radius 2 is 2.00 bits per heavy atom. The van der Waals surface area contributed by atoms with Crippen LogP contribution in [0.5, 0.6) is 0 Å². The minimum Gasteiger partial charge on any atom is -0.350 e. The lowest BCUT2D eigenvalue weighted by atomic mass is 10.1. The predicted molar refractivity (Wildman–Crippen MR) is 51.6 cm³/mol. The van der Waals surface area contributed by atoms with Crippen LogP contribution in [0.2, 0.25) is 0 Å². The van der Waals surface area contributed by atoms with E-state index in [0.717, 1.165) is 5.71 Å². The summed E-state index contributed by atoms with van der Waals surface area (Å²) in [5.41, 5.74) is 7.92. The van der Waals surface area contributed by atoms with Gasteiger partial charge in [-0.25, -0.2) is 10.2 Å². The second-order valence-electron chi connectivity index (χ2n) is 3.16. The zero-order valence-corrected chi connectivity index (χ0v) is 8.12. The van der Waals surface area contributed by atoms with Gasteiger partial charge >= 0.3 is 6.03 Å². The molecule has 14 heavy (non-hydrogen) atoms. The lowest BCUT2D eigenvalue weighted by Crippen LogP contribution is -2.38. The summed E-state index contributed by atoms with van der Waals surface area (Å²) < 4.78 is 0. The fourth-order valence-corrected chi connectivity index (χ4v) is 1.33. The Labute approximate surface area is 82.1 Å². The number of primary amides is 1. The molecule has 0 aromatic carbocycles. The van der Waals surface area contributed by atoms with Crippen LogP contribution in [0.1, 0.15) is 19.8 Å². The fraction of sp³-hybridized carbons (Fsp3) is 0.625. The van der Waals surface area contributed by atoms with E-state index >= 15 is 0 Å². The molecule has 1 fully saturated rings. The quantitative estimate of drug-likeness (QED) is 0.564. The smallest absolute Gasteiger partial charge is 0.332 e. The van der Waals surface area contributed by atoms with Crippen molar-refractivity contribution in [3.63, 3.8) is 0 Å². The van der Waals surface area contributed by atoms with Gasteiger partial charge in [0.25, 0.3) is 0 Å². The largest absolute Gasteiger partial charge is 0.350 e. The Kier molecular flexibility index (Phi) is 3.44. The minimum atomic E-state index is -0.661. The Bertz CT molecular complexity index is 265. The summed E-state index contributed by atoms with van der Waals surface area (Å²) in [6, 6.07) is -0.661. The van der Waals surface area contributed by atoms with E-state index in [0.29, 0.717) is 25.9 Å². The van der Waals surface area contributed by atoms with Crippen LogP contribution in [0.3, 0.4) is 0 Å². The summed E-state index contributed by atoms with van der Waals surface area (Å²) in [4.78, 5) is 23.1. The molecule has 0 radical (unpaired) electrons. The van der Waals surface area contributed by atoms with Crippen molar-refractivity contribution in [1.29, 1.82) is 0 Å². The Morgan fingerprint density at radius 3 is 2.43 bits per heavy atom. The summed E-state index contributed by atoms with van der Waals surface area (Å²) >= 11 is 0. The van der Waals surface area contributed by atoms with Crippen LogP contribution >= 0.6 is 0 Å². The van der Waals surface area contributed by atoms with E-state index in [-0.39, 0.29) is 5.91 Å². The highest BCUT2D eigenvalue weighted by molar-refractivity contribution is 5.88. The molecule has 3 amide bonds. The van der Waals surface area contributed by atoms with Gasteiger partial charge in [-0.15, -0.1) is 0 Å². The van der Waals surface area contributed by atoms with Gasteiger partial charge in [0.1, 0.15) is 0 Å². The number of likely N-dealkylation sites (tertiary alicyclic amines) is 1. The number of nitrogens with zero attached hydrogens (tertiary/aromatic N) is 2. The first-order valence-corrected chi connectivity index (χ1v) is 4.46.